The number of rotatable bonds is 6. The van der Waals surface area contributed by atoms with Gasteiger partial charge in [0.05, 0.1) is 19.1 Å². The SMILES string of the molecule is COc1ccc(CCNC[C@@H]2C(=O)O[C@@H]3C[C@@]4(C)CCC[C@H](C)[C@]45O[C@H]5[C@H]23)cc1. The summed E-state index contributed by atoms with van der Waals surface area (Å²) in [4.78, 5) is 12.7. The van der Waals surface area contributed by atoms with Gasteiger partial charge in [0.25, 0.3) is 0 Å². The number of carbonyl (C=O) groups excluding carboxylic acids is 1. The second-order valence-corrected chi connectivity index (χ2v) is 9.85. The molecular weight excluding hydrogens is 366 g/mol. The lowest BCUT2D eigenvalue weighted by Crippen LogP contribution is -2.54. The van der Waals surface area contributed by atoms with Gasteiger partial charge >= 0.3 is 5.97 Å². The average molecular weight is 400 g/mol. The van der Waals surface area contributed by atoms with Gasteiger partial charge in [0, 0.05) is 17.9 Å². The van der Waals surface area contributed by atoms with Gasteiger partial charge in [-0.25, -0.2) is 0 Å². The molecule has 0 amide bonds. The largest absolute Gasteiger partial charge is 0.497 e. The van der Waals surface area contributed by atoms with Crippen molar-refractivity contribution in [3.63, 3.8) is 0 Å². The molecule has 2 saturated carbocycles. The zero-order valence-corrected chi connectivity index (χ0v) is 17.8. The predicted octanol–water partition coefficient (Wildman–Crippen LogP) is 3.35. The molecule has 1 spiro atoms. The topological polar surface area (TPSA) is 60.1 Å². The fraction of sp³-hybridized carbons (Fsp3) is 0.708. The maximum atomic E-state index is 12.7. The van der Waals surface area contributed by atoms with E-state index in [1.165, 1.54) is 24.8 Å². The van der Waals surface area contributed by atoms with Crippen molar-refractivity contribution in [2.75, 3.05) is 20.2 Å². The van der Waals surface area contributed by atoms with Gasteiger partial charge in [-0.05, 0) is 55.8 Å². The van der Waals surface area contributed by atoms with Crippen LogP contribution in [0.2, 0.25) is 0 Å². The summed E-state index contributed by atoms with van der Waals surface area (Å²) in [5.41, 5.74) is 1.41. The van der Waals surface area contributed by atoms with Crippen molar-refractivity contribution in [1.29, 1.82) is 0 Å². The lowest BCUT2D eigenvalue weighted by Gasteiger charge is -2.48. The highest BCUT2D eigenvalue weighted by Crippen LogP contribution is 2.70. The normalized spacial score (nSPS) is 42.4. The van der Waals surface area contributed by atoms with E-state index >= 15 is 0 Å². The molecule has 158 valence electrons. The van der Waals surface area contributed by atoms with Crippen LogP contribution in [0, 0.1) is 23.2 Å². The van der Waals surface area contributed by atoms with E-state index in [2.05, 4.69) is 31.3 Å². The van der Waals surface area contributed by atoms with Crippen LogP contribution < -0.4 is 10.1 Å². The van der Waals surface area contributed by atoms with E-state index in [1.54, 1.807) is 7.11 Å². The molecule has 0 bridgehead atoms. The molecule has 4 fully saturated rings. The van der Waals surface area contributed by atoms with E-state index in [-0.39, 0.29) is 41.0 Å². The molecule has 7 atom stereocenters. The van der Waals surface area contributed by atoms with Crippen LogP contribution in [0.4, 0.5) is 0 Å². The van der Waals surface area contributed by atoms with Gasteiger partial charge in [-0.15, -0.1) is 0 Å². The summed E-state index contributed by atoms with van der Waals surface area (Å²) in [7, 11) is 1.68. The smallest absolute Gasteiger partial charge is 0.311 e. The number of hydrogen-bond donors (Lipinski definition) is 1. The minimum atomic E-state index is -0.0843. The molecule has 5 nitrogen and oxygen atoms in total. The lowest BCUT2D eigenvalue weighted by molar-refractivity contribution is -0.146. The fourth-order valence-corrected chi connectivity index (χ4v) is 6.75. The highest BCUT2D eigenvalue weighted by atomic mass is 16.6. The number of nitrogens with one attached hydrogen (secondary N) is 1. The van der Waals surface area contributed by atoms with Gasteiger partial charge in [-0.3, -0.25) is 4.79 Å². The molecular formula is C24H33NO4. The summed E-state index contributed by atoms with van der Waals surface area (Å²) in [6, 6.07) is 8.16. The van der Waals surface area contributed by atoms with Crippen LogP contribution in [-0.4, -0.2) is 44.0 Å². The summed E-state index contributed by atoms with van der Waals surface area (Å²) in [5.74, 6) is 1.55. The molecule has 2 saturated heterocycles. The number of methoxy groups -OCH3 is 1. The summed E-state index contributed by atoms with van der Waals surface area (Å²) in [6.07, 6.45) is 5.82. The van der Waals surface area contributed by atoms with Crippen LogP contribution in [0.5, 0.6) is 5.75 Å². The first-order valence-electron chi connectivity index (χ1n) is 11.2. The average Bonchev–Trinajstić information content (AvgIpc) is 3.39. The molecule has 0 aromatic heterocycles. The van der Waals surface area contributed by atoms with Crippen molar-refractivity contribution < 1.29 is 19.0 Å². The Bertz CT molecular complexity index is 780. The van der Waals surface area contributed by atoms with Crippen molar-refractivity contribution in [2.45, 2.75) is 63.8 Å². The zero-order valence-electron chi connectivity index (χ0n) is 17.8. The highest BCUT2D eigenvalue weighted by Gasteiger charge is 2.78. The van der Waals surface area contributed by atoms with Crippen molar-refractivity contribution in [1.82, 2.24) is 5.32 Å². The van der Waals surface area contributed by atoms with Crippen LogP contribution in [0.15, 0.2) is 24.3 Å². The highest BCUT2D eigenvalue weighted by molar-refractivity contribution is 5.76. The zero-order chi connectivity index (χ0) is 20.2. The minimum absolute atomic E-state index is 0.0122. The van der Waals surface area contributed by atoms with Gasteiger partial charge in [0.15, 0.2) is 0 Å². The van der Waals surface area contributed by atoms with Crippen LogP contribution in [0.3, 0.4) is 0 Å². The van der Waals surface area contributed by atoms with Gasteiger partial charge in [-0.2, -0.15) is 0 Å². The first kappa shape index (κ1) is 19.4. The Morgan fingerprint density at radius 1 is 1.28 bits per heavy atom. The second kappa shape index (κ2) is 6.98. The monoisotopic (exact) mass is 399 g/mol. The van der Waals surface area contributed by atoms with Crippen LogP contribution in [0.25, 0.3) is 0 Å². The summed E-state index contributed by atoms with van der Waals surface area (Å²) in [6.45, 7) is 6.24. The maximum Gasteiger partial charge on any atom is 0.311 e. The maximum absolute atomic E-state index is 12.7. The van der Waals surface area contributed by atoms with E-state index in [4.69, 9.17) is 14.2 Å². The molecule has 2 aliphatic heterocycles. The van der Waals surface area contributed by atoms with Crippen molar-refractivity contribution >= 4 is 5.97 Å². The number of carbonyl (C=O) groups is 1. The van der Waals surface area contributed by atoms with Gasteiger partial charge in [-0.1, -0.05) is 32.4 Å². The molecule has 0 unspecified atom stereocenters. The number of epoxide rings is 1. The van der Waals surface area contributed by atoms with E-state index < -0.39 is 0 Å². The van der Waals surface area contributed by atoms with E-state index in [0.29, 0.717) is 12.5 Å². The Morgan fingerprint density at radius 2 is 2.07 bits per heavy atom. The van der Waals surface area contributed by atoms with Crippen LogP contribution in [0.1, 0.15) is 45.1 Å². The molecule has 2 heterocycles. The Labute approximate surface area is 173 Å². The third kappa shape index (κ3) is 2.92. The third-order valence-electron chi connectivity index (χ3n) is 8.31. The van der Waals surface area contributed by atoms with Crippen molar-refractivity contribution in [3.8, 4) is 5.75 Å². The molecule has 1 aromatic rings. The Hall–Kier alpha value is -1.59. The molecule has 0 radical (unpaired) electrons. The fourth-order valence-electron chi connectivity index (χ4n) is 6.75. The summed E-state index contributed by atoms with van der Waals surface area (Å²) >= 11 is 0. The van der Waals surface area contributed by atoms with E-state index in [9.17, 15) is 4.79 Å². The van der Waals surface area contributed by atoms with Gasteiger partial charge in [0.2, 0.25) is 0 Å². The molecule has 2 aliphatic carbocycles. The first-order valence-corrected chi connectivity index (χ1v) is 11.2. The quantitative estimate of drug-likeness (QED) is 0.452. The minimum Gasteiger partial charge on any atom is -0.497 e. The predicted molar refractivity (Wildman–Crippen MR) is 110 cm³/mol. The van der Waals surface area contributed by atoms with Crippen molar-refractivity contribution in [3.05, 3.63) is 29.8 Å². The third-order valence-corrected chi connectivity index (χ3v) is 8.31. The number of fused-ring (bicyclic) bond motifs is 2. The number of ether oxygens (including phenoxy) is 3. The molecule has 1 N–H and O–H groups in total. The number of esters is 1. The Morgan fingerprint density at radius 3 is 2.83 bits per heavy atom. The standard InChI is InChI=1S/C24H33NO4/c1-15-5-4-11-23(2)13-19-20(21-24(15,23)29-21)18(22(26)28-19)14-25-12-10-16-6-8-17(27-3)9-7-16/h6-9,15,18-21,25H,4-5,10-14H2,1-3H3/t15-,18-,19+,20+,21-,23+,24+/m0/s1. The first-order chi connectivity index (χ1) is 14.0. The summed E-state index contributed by atoms with van der Waals surface area (Å²) in [5, 5.41) is 3.51. The van der Waals surface area contributed by atoms with E-state index in [0.717, 1.165) is 25.1 Å². The second-order valence-electron chi connectivity index (χ2n) is 9.85. The van der Waals surface area contributed by atoms with Gasteiger partial charge in [0.1, 0.15) is 17.5 Å². The summed E-state index contributed by atoms with van der Waals surface area (Å²) < 4.78 is 17.6. The molecule has 29 heavy (non-hydrogen) atoms. The van der Waals surface area contributed by atoms with Gasteiger partial charge < -0.3 is 19.5 Å². The Balaban J connectivity index is 1.21. The Kier molecular flexibility index (Phi) is 4.67. The van der Waals surface area contributed by atoms with Crippen LogP contribution >= 0.6 is 0 Å². The van der Waals surface area contributed by atoms with Crippen molar-refractivity contribution in [2.24, 2.45) is 23.2 Å². The molecule has 5 rings (SSSR count). The molecule has 5 heteroatoms. The molecule has 1 aromatic carbocycles. The number of hydrogen-bond acceptors (Lipinski definition) is 5. The lowest BCUT2D eigenvalue weighted by atomic mass is 9.53. The van der Waals surface area contributed by atoms with Crippen LogP contribution in [-0.2, 0) is 20.7 Å². The number of benzene rings is 1. The van der Waals surface area contributed by atoms with E-state index in [1.807, 2.05) is 12.1 Å². The molecule has 4 aliphatic rings.